The van der Waals surface area contributed by atoms with E-state index < -0.39 is 0 Å². The molecule has 1 aromatic rings. The van der Waals surface area contributed by atoms with Gasteiger partial charge in [-0.2, -0.15) is 0 Å². The van der Waals surface area contributed by atoms with Crippen LogP contribution in [0.15, 0.2) is 12.1 Å². The summed E-state index contributed by atoms with van der Waals surface area (Å²) in [5.41, 5.74) is 1.69. The van der Waals surface area contributed by atoms with Crippen molar-refractivity contribution in [1.82, 2.24) is 10.2 Å². The van der Waals surface area contributed by atoms with Crippen molar-refractivity contribution in [1.29, 1.82) is 0 Å². The lowest BCUT2D eigenvalue weighted by Gasteiger charge is -2.35. The lowest BCUT2D eigenvalue weighted by Crippen LogP contribution is -2.45. The predicted molar refractivity (Wildman–Crippen MR) is 84.9 cm³/mol. The van der Waals surface area contributed by atoms with E-state index in [4.69, 9.17) is 16.3 Å². The van der Waals surface area contributed by atoms with E-state index in [1.165, 1.54) is 6.07 Å². The first-order chi connectivity index (χ1) is 9.66. The maximum Gasteiger partial charge on any atom is 0.123 e. The maximum atomic E-state index is 13.7. The Kier molecular flexibility index (Phi) is 5.86. The minimum absolute atomic E-state index is 0. The number of aryl methyl sites for hydroxylation is 1. The standard InChI is InChI=1S/C15H20ClFN2O.ClH/c1-10-8-11(17)9-12(14(10)16)15-13(2-3-18-15)19-4-6-20-7-5-19;/h8-9,13,15,18H,2-7H2,1H3;1H/t13-,15-;/m0./s1. The summed E-state index contributed by atoms with van der Waals surface area (Å²) in [5.74, 6) is -0.212. The van der Waals surface area contributed by atoms with Crippen LogP contribution < -0.4 is 5.32 Å². The van der Waals surface area contributed by atoms with Crippen LogP contribution in [0.1, 0.15) is 23.6 Å². The summed E-state index contributed by atoms with van der Waals surface area (Å²) < 4.78 is 19.1. The Labute approximate surface area is 136 Å². The second-order valence-electron chi connectivity index (χ2n) is 5.56. The largest absolute Gasteiger partial charge is 0.379 e. The van der Waals surface area contributed by atoms with Crippen molar-refractivity contribution >= 4 is 24.0 Å². The molecule has 0 aromatic heterocycles. The number of nitrogens with zero attached hydrogens (tertiary/aromatic N) is 1. The molecule has 2 saturated heterocycles. The third-order valence-electron chi connectivity index (χ3n) is 4.29. The number of rotatable bonds is 2. The van der Waals surface area contributed by atoms with Gasteiger partial charge in [0.05, 0.1) is 13.2 Å². The zero-order chi connectivity index (χ0) is 14.1. The van der Waals surface area contributed by atoms with Gasteiger partial charge in [0.1, 0.15) is 5.82 Å². The monoisotopic (exact) mass is 334 g/mol. The Morgan fingerprint density at radius 2 is 2.05 bits per heavy atom. The molecule has 6 heteroatoms. The van der Waals surface area contributed by atoms with Crippen LogP contribution in [0.3, 0.4) is 0 Å². The van der Waals surface area contributed by atoms with Gasteiger partial charge in [0, 0.05) is 30.2 Å². The van der Waals surface area contributed by atoms with E-state index in [9.17, 15) is 4.39 Å². The van der Waals surface area contributed by atoms with E-state index in [0.29, 0.717) is 11.1 Å². The minimum Gasteiger partial charge on any atom is -0.379 e. The van der Waals surface area contributed by atoms with Crippen molar-refractivity contribution in [3.63, 3.8) is 0 Å². The second kappa shape index (κ2) is 7.25. The van der Waals surface area contributed by atoms with Crippen LogP contribution in [0.25, 0.3) is 0 Å². The van der Waals surface area contributed by atoms with Gasteiger partial charge in [0.15, 0.2) is 0 Å². The average Bonchev–Trinajstić information content (AvgIpc) is 2.93. The van der Waals surface area contributed by atoms with E-state index in [2.05, 4.69) is 10.2 Å². The average molecular weight is 335 g/mol. The summed E-state index contributed by atoms with van der Waals surface area (Å²) in [4.78, 5) is 2.44. The third-order valence-corrected chi connectivity index (χ3v) is 4.80. The molecule has 0 unspecified atom stereocenters. The molecular formula is C15H21Cl2FN2O. The van der Waals surface area contributed by atoms with Gasteiger partial charge in [0.25, 0.3) is 0 Å². The van der Waals surface area contributed by atoms with Gasteiger partial charge in [0.2, 0.25) is 0 Å². The number of hydrogen-bond donors (Lipinski definition) is 1. The fourth-order valence-electron chi connectivity index (χ4n) is 3.29. The van der Waals surface area contributed by atoms with Crippen LogP contribution in [0.5, 0.6) is 0 Å². The third kappa shape index (κ3) is 3.51. The number of hydrogen-bond acceptors (Lipinski definition) is 3. The van der Waals surface area contributed by atoms with Crippen LogP contribution in [0, 0.1) is 12.7 Å². The van der Waals surface area contributed by atoms with E-state index in [1.807, 2.05) is 6.92 Å². The zero-order valence-corrected chi connectivity index (χ0v) is 13.6. The molecule has 1 N–H and O–H groups in total. The SMILES string of the molecule is Cc1cc(F)cc([C@@H]2NCC[C@@H]2N2CCOCC2)c1Cl.Cl. The Balaban J connectivity index is 0.00000161. The van der Waals surface area contributed by atoms with Gasteiger partial charge in [-0.15, -0.1) is 12.4 Å². The van der Waals surface area contributed by atoms with Gasteiger partial charge in [-0.1, -0.05) is 11.6 Å². The van der Waals surface area contributed by atoms with Crippen molar-refractivity contribution in [3.05, 3.63) is 34.1 Å². The maximum absolute atomic E-state index is 13.7. The summed E-state index contributed by atoms with van der Waals surface area (Å²) in [6, 6.07) is 3.55. The van der Waals surface area contributed by atoms with Gasteiger partial charge >= 0.3 is 0 Å². The molecule has 0 spiro atoms. The van der Waals surface area contributed by atoms with Crippen LogP contribution in [0.4, 0.5) is 4.39 Å². The highest BCUT2D eigenvalue weighted by Crippen LogP contribution is 2.34. The van der Waals surface area contributed by atoms with Crippen molar-refractivity contribution in [3.8, 4) is 0 Å². The summed E-state index contributed by atoms with van der Waals surface area (Å²) in [6.45, 7) is 6.23. The molecule has 0 saturated carbocycles. The molecule has 0 bridgehead atoms. The van der Waals surface area contributed by atoms with Gasteiger partial charge in [-0.25, -0.2) is 4.39 Å². The van der Waals surface area contributed by atoms with Crippen LogP contribution in [0.2, 0.25) is 5.02 Å². The molecule has 118 valence electrons. The normalized spacial score (nSPS) is 26.6. The Morgan fingerprint density at radius 1 is 1.33 bits per heavy atom. The molecule has 21 heavy (non-hydrogen) atoms. The molecule has 2 aliphatic heterocycles. The van der Waals surface area contributed by atoms with Crippen molar-refractivity contribution in [2.24, 2.45) is 0 Å². The summed E-state index contributed by atoms with van der Waals surface area (Å²) in [7, 11) is 0. The van der Waals surface area contributed by atoms with Crippen molar-refractivity contribution in [2.45, 2.75) is 25.4 Å². The number of halogens is 3. The van der Waals surface area contributed by atoms with Crippen molar-refractivity contribution in [2.75, 3.05) is 32.8 Å². The van der Waals surface area contributed by atoms with E-state index in [0.717, 1.165) is 50.4 Å². The number of ether oxygens (including phenoxy) is 1. The highest BCUT2D eigenvalue weighted by atomic mass is 35.5. The second-order valence-corrected chi connectivity index (χ2v) is 5.94. The molecule has 0 aliphatic carbocycles. The molecule has 1 aromatic carbocycles. The smallest absolute Gasteiger partial charge is 0.123 e. The Morgan fingerprint density at radius 3 is 2.76 bits per heavy atom. The van der Waals surface area contributed by atoms with Crippen molar-refractivity contribution < 1.29 is 9.13 Å². The van der Waals surface area contributed by atoms with E-state index in [1.54, 1.807) is 6.07 Å². The lowest BCUT2D eigenvalue weighted by molar-refractivity contribution is 0.0139. The summed E-state index contributed by atoms with van der Waals surface area (Å²) in [6.07, 6.45) is 1.07. The fourth-order valence-corrected chi connectivity index (χ4v) is 3.51. The molecule has 3 nitrogen and oxygen atoms in total. The first kappa shape index (κ1) is 17.0. The Hall–Kier alpha value is -0.390. The molecule has 0 amide bonds. The van der Waals surface area contributed by atoms with Gasteiger partial charge < -0.3 is 10.1 Å². The van der Waals surface area contributed by atoms with Crippen LogP contribution in [-0.4, -0.2) is 43.8 Å². The van der Waals surface area contributed by atoms with E-state index >= 15 is 0 Å². The van der Waals surface area contributed by atoms with E-state index in [-0.39, 0.29) is 24.3 Å². The topological polar surface area (TPSA) is 24.5 Å². The molecule has 2 atom stereocenters. The van der Waals surface area contributed by atoms with Crippen LogP contribution >= 0.6 is 24.0 Å². The summed E-state index contributed by atoms with van der Waals surface area (Å²) in [5, 5.41) is 4.17. The zero-order valence-electron chi connectivity index (χ0n) is 12.1. The van der Waals surface area contributed by atoms with Crippen LogP contribution in [-0.2, 0) is 4.74 Å². The molecule has 2 fully saturated rings. The fraction of sp³-hybridized carbons (Fsp3) is 0.600. The van der Waals surface area contributed by atoms with Gasteiger partial charge in [-0.3, -0.25) is 4.90 Å². The number of nitrogens with one attached hydrogen (secondary N) is 1. The van der Waals surface area contributed by atoms with Gasteiger partial charge in [-0.05, 0) is 43.1 Å². The molecule has 2 aliphatic rings. The first-order valence-electron chi connectivity index (χ1n) is 7.17. The highest BCUT2D eigenvalue weighted by molar-refractivity contribution is 6.32. The number of benzene rings is 1. The summed E-state index contributed by atoms with van der Waals surface area (Å²) >= 11 is 6.40. The predicted octanol–water partition coefficient (Wildman–Crippen LogP) is 2.94. The molecule has 3 rings (SSSR count). The number of morpholine rings is 1. The lowest BCUT2D eigenvalue weighted by atomic mass is 9.97. The highest BCUT2D eigenvalue weighted by Gasteiger charge is 2.35. The quantitative estimate of drug-likeness (QED) is 0.899. The molecule has 0 radical (unpaired) electrons. The Bertz CT molecular complexity index is 495. The molecular weight excluding hydrogens is 314 g/mol. The minimum atomic E-state index is -0.212. The first-order valence-corrected chi connectivity index (χ1v) is 7.55. The molecule has 2 heterocycles.